The molecule has 0 aromatic heterocycles. The Bertz CT molecular complexity index is 308. The van der Waals surface area contributed by atoms with Gasteiger partial charge in [-0.3, -0.25) is 4.79 Å². The van der Waals surface area contributed by atoms with Crippen molar-refractivity contribution in [2.45, 2.75) is 53.0 Å². The van der Waals surface area contributed by atoms with Crippen LogP contribution in [0.4, 0.5) is 0 Å². The molecule has 2 aliphatic heterocycles. The molecule has 0 aliphatic carbocycles. The van der Waals surface area contributed by atoms with Crippen LogP contribution >= 0.6 is 0 Å². The van der Waals surface area contributed by atoms with Crippen LogP contribution in [0.3, 0.4) is 0 Å². The monoisotopic (exact) mass is 252 g/mol. The summed E-state index contributed by atoms with van der Waals surface area (Å²) >= 11 is 0. The minimum Gasteiger partial charge on any atom is -0.339 e. The fraction of sp³-hybridized carbons (Fsp3) is 0.933. The maximum Gasteiger partial charge on any atom is 0.230 e. The first-order chi connectivity index (χ1) is 8.49. The fourth-order valence-corrected chi connectivity index (χ4v) is 3.54. The second kappa shape index (κ2) is 5.20. The summed E-state index contributed by atoms with van der Waals surface area (Å²) in [4.78, 5) is 15.2. The van der Waals surface area contributed by atoms with E-state index in [1.165, 1.54) is 12.8 Å². The molecule has 0 radical (unpaired) electrons. The first-order valence-electron chi connectivity index (χ1n) is 7.51. The maximum atomic E-state index is 13.0. The Kier molecular flexibility index (Phi) is 4.00. The lowest BCUT2D eigenvalue weighted by Gasteiger charge is -2.44. The van der Waals surface area contributed by atoms with E-state index in [1.54, 1.807) is 0 Å². The van der Waals surface area contributed by atoms with Crippen LogP contribution < -0.4 is 5.32 Å². The summed E-state index contributed by atoms with van der Waals surface area (Å²) < 4.78 is 0. The van der Waals surface area contributed by atoms with Crippen molar-refractivity contribution in [3.63, 3.8) is 0 Å². The minimum atomic E-state index is -0.147. The van der Waals surface area contributed by atoms with Gasteiger partial charge in [0.05, 0.1) is 5.41 Å². The SMILES string of the molecule is CC1CCCN(C(=O)C2(C(C)C)CCNC2)C1C. The highest BCUT2D eigenvalue weighted by Crippen LogP contribution is 2.38. The van der Waals surface area contributed by atoms with E-state index >= 15 is 0 Å². The molecule has 3 atom stereocenters. The molecule has 2 heterocycles. The van der Waals surface area contributed by atoms with Crippen molar-refractivity contribution in [2.24, 2.45) is 17.3 Å². The van der Waals surface area contributed by atoms with Gasteiger partial charge in [0.1, 0.15) is 0 Å². The molecule has 2 saturated heterocycles. The number of carbonyl (C=O) groups excluding carboxylic acids is 1. The van der Waals surface area contributed by atoms with Crippen molar-refractivity contribution in [3.8, 4) is 0 Å². The lowest BCUT2D eigenvalue weighted by Crippen LogP contribution is -2.54. The molecule has 0 aromatic rings. The number of nitrogens with zero attached hydrogens (tertiary/aromatic N) is 1. The molecule has 2 fully saturated rings. The molecule has 2 aliphatic rings. The molecule has 0 bridgehead atoms. The normalized spacial score (nSPS) is 37.3. The Morgan fingerprint density at radius 2 is 2.11 bits per heavy atom. The van der Waals surface area contributed by atoms with E-state index in [0.717, 1.165) is 26.1 Å². The molecule has 3 nitrogen and oxygen atoms in total. The minimum absolute atomic E-state index is 0.147. The summed E-state index contributed by atoms with van der Waals surface area (Å²) in [5, 5.41) is 3.39. The van der Waals surface area contributed by atoms with Crippen LogP contribution in [0, 0.1) is 17.3 Å². The van der Waals surface area contributed by atoms with Gasteiger partial charge in [0.15, 0.2) is 0 Å². The molecule has 1 N–H and O–H groups in total. The van der Waals surface area contributed by atoms with E-state index in [2.05, 4.69) is 37.9 Å². The summed E-state index contributed by atoms with van der Waals surface area (Å²) in [7, 11) is 0. The van der Waals surface area contributed by atoms with Crippen LogP contribution in [-0.2, 0) is 4.79 Å². The zero-order valence-electron chi connectivity index (χ0n) is 12.3. The highest BCUT2D eigenvalue weighted by Gasteiger charge is 2.47. The topological polar surface area (TPSA) is 32.3 Å². The van der Waals surface area contributed by atoms with E-state index in [-0.39, 0.29) is 5.41 Å². The van der Waals surface area contributed by atoms with Crippen molar-refractivity contribution in [1.82, 2.24) is 10.2 Å². The van der Waals surface area contributed by atoms with Crippen LogP contribution in [0.25, 0.3) is 0 Å². The number of hydrogen-bond donors (Lipinski definition) is 1. The number of likely N-dealkylation sites (tertiary alicyclic amines) is 1. The molecule has 0 saturated carbocycles. The third kappa shape index (κ3) is 2.18. The Balaban J connectivity index is 2.18. The van der Waals surface area contributed by atoms with Crippen molar-refractivity contribution in [2.75, 3.05) is 19.6 Å². The second-order valence-corrected chi connectivity index (χ2v) is 6.60. The fourth-order valence-electron chi connectivity index (χ4n) is 3.54. The zero-order valence-corrected chi connectivity index (χ0v) is 12.3. The van der Waals surface area contributed by atoms with Gasteiger partial charge in [0.25, 0.3) is 0 Å². The second-order valence-electron chi connectivity index (χ2n) is 6.60. The summed E-state index contributed by atoms with van der Waals surface area (Å²) in [6, 6.07) is 0.405. The number of rotatable bonds is 2. The van der Waals surface area contributed by atoms with Crippen LogP contribution in [0.5, 0.6) is 0 Å². The largest absolute Gasteiger partial charge is 0.339 e. The molecule has 2 rings (SSSR count). The van der Waals surface area contributed by atoms with Gasteiger partial charge in [-0.15, -0.1) is 0 Å². The number of hydrogen-bond acceptors (Lipinski definition) is 2. The average Bonchev–Trinajstić information content (AvgIpc) is 2.82. The molecule has 0 spiro atoms. The van der Waals surface area contributed by atoms with Crippen molar-refractivity contribution in [3.05, 3.63) is 0 Å². The Morgan fingerprint density at radius 1 is 1.39 bits per heavy atom. The zero-order chi connectivity index (χ0) is 13.3. The Morgan fingerprint density at radius 3 is 2.67 bits per heavy atom. The lowest BCUT2D eigenvalue weighted by molar-refractivity contribution is -0.148. The highest BCUT2D eigenvalue weighted by molar-refractivity contribution is 5.84. The standard InChI is InChI=1S/C15H28N2O/c1-11(2)15(7-8-16-10-15)14(18)17-9-5-6-12(3)13(17)4/h11-13,16H,5-10H2,1-4H3. The van der Waals surface area contributed by atoms with Gasteiger partial charge >= 0.3 is 0 Å². The van der Waals surface area contributed by atoms with Gasteiger partial charge in [-0.05, 0) is 44.6 Å². The Hall–Kier alpha value is -0.570. The van der Waals surface area contributed by atoms with Gasteiger partial charge in [0.2, 0.25) is 5.91 Å². The molecular formula is C15H28N2O. The van der Waals surface area contributed by atoms with E-state index in [0.29, 0.717) is 23.8 Å². The van der Waals surface area contributed by atoms with Crippen molar-refractivity contribution < 1.29 is 4.79 Å². The Labute approximate surface area is 111 Å². The molecular weight excluding hydrogens is 224 g/mol. The van der Waals surface area contributed by atoms with Crippen LogP contribution in [-0.4, -0.2) is 36.5 Å². The van der Waals surface area contributed by atoms with E-state index < -0.39 is 0 Å². The number of amides is 1. The third-order valence-corrected chi connectivity index (χ3v) is 5.35. The first kappa shape index (κ1) is 13.9. The van der Waals surface area contributed by atoms with E-state index in [4.69, 9.17) is 0 Å². The summed E-state index contributed by atoms with van der Waals surface area (Å²) in [5.74, 6) is 1.47. The van der Waals surface area contributed by atoms with E-state index in [9.17, 15) is 4.79 Å². The predicted octanol–water partition coefficient (Wildman–Crippen LogP) is 2.27. The molecule has 104 valence electrons. The molecule has 3 heteroatoms. The smallest absolute Gasteiger partial charge is 0.230 e. The van der Waals surface area contributed by atoms with Crippen molar-refractivity contribution in [1.29, 1.82) is 0 Å². The molecule has 3 unspecified atom stereocenters. The quantitative estimate of drug-likeness (QED) is 0.817. The van der Waals surface area contributed by atoms with Gasteiger partial charge in [0, 0.05) is 19.1 Å². The first-order valence-corrected chi connectivity index (χ1v) is 7.51. The van der Waals surface area contributed by atoms with Gasteiger partial charge in [-0.25, -0.2) is 0 Å². The van der Waals surface area contributed by atoms with Crippen molar-refractivity contribution >= 4 is 5.91 Å². The molecule has 18 heavy (non-hydrogen) atoms. The molecule has 0 aromatic carbocycles. The summed E-state index contributed by atoms with van der Waals surface area (Å²) in [6.45, 7) is 11.7. The van der Waals surface area contributed by atoms with Gasteiger partial charge in [-0.1, -0.05) is 20.8 Å². The predicted molar refractivity (Wildman–Crippen MR) is 74.3 cm³/mol. The van der Waals surface area contributed by atoms with Gasteiger partial charge in [-0.2, -0.15) is 0 Å². The third-order valence-electron chi connectivity index (χ3n) is 5.35. The number of carbonyl (C=O) groups is 1. The average molecular weight is 252 g/mol. The highest BCUT2D eigenvalue weighted by atomic mass is 16.2. The number of nitrogens with one attached hydrogen (secondary N) is 1. The van der Waals surface area contributed by atoms with Crippen LogP contribution in [0.1, 0.15) is 47.0 Å². The van der Waals surface area contributed by atoms with E-state index in [1.807, 2.05) is 0 Å². The molecule has 1 amide bonds. The van der Waals surface area contributed by atoms with Gasteiger partial charge < -0.3 is 10.2 Å². The maximum absolute atomic E-state index is 13.0. The summed E-state index contributed by atoms with van der Waals surface area (Å²) in [5.41, 5.74) is -0.147. The van der Waals surface area contributed by atoms with Crippen LogP contribution in [0.2, 0.25) is 0 Å². The number of piperidine rings is 1. The summed E-state index contributed by atoms with van der Waals surface area (Å²) in [6.07, 6.45) is 3.43. The van der Waals surface area contributed by atoms with Crippen LogP contribution in [0.15, 0.2) is 0 Å². The lowest BCUT2D eigenvalue weighted by atomic mass is 9.74.